The molecule has 0 N–H and O–H groups in total. The van der Waals surface area contributed by atoms with Crippen molar-refractivity contribution in [2.45, 2.75) is 19.8 Å². The third kappa shape index (κ3) is 9.79. The molecule has 1 aromatic rings. The fourth-order valence-electron chi connectivity index (χ4n) is 1.48. The number of unbranched alkanes of at least 4 members (excludes halogenated alkanes) is 1. The molecular formula is C15H24BrNO4. The highest BCUT2D eigenvalue weighted by atomic mass is 79.9. The maximum atomic E-state index is 5.55. The van der Waals surface area contributed by atoms with E-state index in [2.05, 4.69) is 27.8 Å². The van der Waals surface area contributed by atoms with Crippen LogP contribution >= 0.6 is 15.9 Å². The summed E-state index contributed by atoms with van der Waals surface area (Å²) in [4.78, 5) is 3.97. The van der Waals surface area contributed by atoms with Crippen molar-refractivity contribution >= 4 is 15.9 Å². The first kappa shape index (κ1) is 18.4. The SMILES string of the molecule is CCCCOCCOCCOCCOc1ccncc1Br. The van der Waals surface area contributed by atoms with Gasteiger partial charge in [-0.2, -0.15) is 0 Å². The molecule has 1 rings (SSSR count). The zero-order chi connectivity index (χ0) is 15.2. The average molecular weight is 362 g/mol. The van der Waals surface area contributed by atoms with E-state index in [0.717, 1.165) is 29.7 Å². The zero-order valence-electron chi connectivity index (χ0n) is 12.6. The molecule has 5 nitrogen and oxygen atoms in total. The first-order valence-electron chi connectivity index (χ1n) is 7.30. The number of hydrogen-bond donors (Lipinski definition) is 0. The van der Waals surface area contributed by atoms with Gasteiger partial charge in [-0.25, -0.2) is 0 Å². The van der Waals surface area contributed by atoms with Crippen LogP contribution in [0.2, 0.25) is 0 Å². The van der Waals surface area contributed by atoms with E-state index >= 15 is 0 Å². The molecule has 120 valence electrons. The van der Waals surface area contributed by atoms with E-state index in [0.29, 0.717) is 39.6 Å². The lowest BCUT2D eigenvalue weighted by atomic mass is 10.4. The summed E-state index contributed by atoms with van der Waals surface area (Å²) in [6, 6.07) is 1.81. The van der Waals surface area contributed by atoms with E-state index in [-0.39, 0.29) is 0 Å². The monoisotopic (exact) mass is 361 g/mol. The minimum atomic E-state index is 0.503. The quantitative estimate of drug-likeness (QED) is 0.505. The van der Waals surface area contributed by atoms with Crippen LogP contribution in [0, 0.1) is 0 Å². The summed E-state index contributed by atoms with van der Waals surface area (Å²) in [6.07, 6.45) is 5.66. The van der Waals surface area contributed by atoms with Crippen LogP contribution in [-0.4, -0.2) is 51.2 Å². The molecule has 0 fully saturated rings. The molecule has 6 heteroatoms. The van der Waals surface area contributed by atoms with Gasteiger partial charge in [0.2, 0.25) is 0 Å². The van der Waals surface area contributed by atoms with E-state index in [9.17, 15) is 0 Å². The van der Waals surface area contributed by atoms with Crippen LogP contribution in [0.1, 0.15) is 19.8 Å². The lowest BCUT2D eigenvalue weighted by Crippen LogP contribution is -2.13. The Labute approximate surface area is 135 Å². The molecule has 0 amide bonds. The Morgan fingerprint density at radius 3 is 2.19 bits per heavy atom. The van der Waals surface area contributed by atoms with Crippen LogP contribution in [0.15, 0.2) is 22.9 Å². The predicted molar refractivity (Wildman–Crippen MR) is 84.8 cm³/mol. The highest BCUT2D eigenvalue weighted by Gasteiger charge is 1.99. The summed E-state index contributed by atoms with van der Waals surface area (Å²) in [5.74, 6) is 0.772. The molecule has 0 aliphatic heterocycles. The number of ether oxygens (including phenoxy) is 4. The van der Waals surface area contributed by atoms with E-state index in [1.165, 1.54) is 0 Å². The van der Waals surface area contributed by atoms with Crippen LogP contribution in [0.4, 0.5) is 0 Å². The third-order valence-corrected chi connectivity index (χ3v) is 3.20. The van der Waals surface area contributed by atoms with E-state index < -0.39 is 0 Å². The number of nitrogens with zero attached hydrogens (tertiary/aromatic N) is 1. The van der Waals surface area contributed by atoms with Gasteiger partial charge in [0.1, 0.15) is 12.4 Å². The van der Waals surface area contributed by atoms with Gasteiger partial charge in [0.05, 0.1) is 37.5 Å². The van der Waals surface area contributed by atoms with Crippen molar-refractivity contribution in [2.24, 2.45) is 0 Å². The molecule has 0 spiro atoms. The van der Waals surface area contributed by atoms with Gasteiger partial charge in [-0.15, -0.1) is 0 Å². The molecule has 0 unspecified atom stereocenters. The Kier molecular flexibility index (Phi) is 11.4. The topological polar surface area (TPSA) is 49.8 Å². The van der Waals surface area contributed by atoms with Crippen LogP contribution < -0.4 is 4.74 Å². The number of hydrogen-bond acceptors (Lipinski definition) is 5. The second-order valence-corrected chi connectivity index (χ2v) is 5.20. The zero-order valence-corrected chi connectivity index (χ0v) is 14.1. The lowest BCUT2D eigenvalue weighted by molar-refractivity contribution is 0.00891. The lowest BCUT2D eigenvalue weighted by Gasteiger charge is -2.09. The predicted octanol–water partition coefficient (Wildman–Crippen LogP) is 3.07. The van der Waals surface area contributed by atoms with Gasteiger partial charge in [0.15, 0.2) is 0 Å². The second-order valence-electron chi connectivity index (χ2n) is 4.35. The van der Waals surface area contributed by atoms with Gasteiger partial charge in [0, 0.05) is 19.0 Å². The van der Waals surface area contributed by atoms with Crippen LogP contribution in [-0.2, 0) is 14.2 Å². The average Bonchev–Trinajstić information content (AvgIpc) is 2.50. The minimum Gasteiger partial charge on any atom is -0.490 e. The Morgan fingerprint density at radius 2 is 1.57 bits per heavy atom. The number of aromatic nitrogens is 1. The van der Waals surface area contributed by atoms with Crippen molar-refractivity contribution in [3.05, 3.63) is 22.9 Å². The molecule has 0 bridgehead atoms. The molecule has 1 heterocycles. The van der Waals surface area contributed by atoms with Crippen molar-refractivity contribution in [2.75, 3.05) is 46.2 Å². The largest absolute Gasteiger partial charge is 0.490 e. The Morgan fingerprint density at radius 1 is 0.952 bits per heavy atom. The molecule has 0 aliphatic rings. The number of rotatable bonds is 13. The van der Waals surface area contributed by atoms with Crippen molar-refractivity contribution in [1.82, 2.24) is 4.98 Å². The maximum absolute atomic E-state index is 5.55. The van der Waals surface area contributed by atoms with Crippen molar-refractivity contribution in [3.8, 4) is 5.75 Å². The van der Waals surface area contributed by atoms with Gasteiger partial charge in [-0.05, 0) is 28.4 Å². The highest BCUT2D eigenvalue weighted by Crippen LogP contribution is 2.22. The summed E-state index contributed by atoms with van der Waals surface area (Å²) in [7, 11) is 0. The maximum Gasteiger partial charge on any atom is 0.136 e. The molecule has 0 saturated carbocycles. The Balaban J connectivity index is 1.84. The molecule has 0 aromatic carbocycles. The summed E-state index contributed by atoms with van der Waals surface area (Å²) in [6.45, 7) is 6.42. The summed E-state index contributed by atoms with van der Waals surface area (Å²) >= 11 is 3.37. The minimum absolute atomic E-state index is 0.503. The molecule has 0 radical (unpaired) electrons. The molecule has 0 aliphatic carbocycles. The normalized spacial score (nSPS) is 10.8. The standard InChI is InChI=1S/C15H24BrNO4/c1-2-3-6-18-7-8-19-9-10-20-11-12-21-15-4-5-17-13-14(15)16/h4-5,13H,2-3,6-12H2,1H3. The molecule has 21 heavy (non-hydrogen) atoms. The third-order valence-electron chi connectivity index (χ3n) is 2.61. The van der Waals surface area contributed by atoms with Gasteiger partial charge in [0.25, 0.3) is 0 Å². The first-order chi connectivity index (χ1) is 10.3. The van der Waals surface area contributed by atoms with Gasteiger partial charge >= 0.3 is 0 Å². The van der Waals surface area contributed by atoms with Gasteiger partial charge in [-0.1, -0.05) is 13.3 Å². The fourth-order valence-corrected chi connectivity index (χ4v) is 1.84. The Bertz CT molecular complexity index is 365. The van der Waals surface area contributed by atoms with Crippen LogP contribution in [0.3, 0.4) is 0 Å². The number of pyridine rings is 1. The van der Waals surface area contributed by atoms with E-state index in [1.807, 2.05) is 6.07 Å². The molecule has 0 saturated heterocycles. The van der Waals surface area contributed by atoms with Crippen molar-refractivity contribution < 1.29 is 18.9 Å². The van der Waals surface area contributed by atoms with Crippen LogP contribution in [0.5, 0.6) is 5.75 Å². The smallest absolute Gasteiger partial charge is 0.136 e. The summed E-state index contributed by atoms with van der Waals surface area (Å²) in [5, 5.41) is 0. The molecule has 1 aromatic heterocycles. The van der Waals surface area contributed by atoms with Crippen molar-refractivity contribution in [1.29, 1.82) is 0 Å². The van der Waals surface area contributed by atoms with Crippen LogP contribution in [0.25, 0.3) is 0 Å². The molecule has 0 atom stereocenters. The molecular weight excluding hydrogens is 338 g/mol. The first-order valence-corrected chi connectivity index (χ1v) is 8.09. The van der Waals surface area contributed by atoms with E-state index in [4.69, 9.17) is 18.9 Å². The van der Waals surface area contributed by atoms with Crippen molar-refractivity contribution in [3.63, 3.8) is 0 Å². The van der Waals surface area contributed by atoms with E-state index in [1.54, 1.807) is 12.4 Å². The van der Waals surface area contributed by atoms with Gasteiger partial charge in [-0.3, -0.25) is 4.98 Å². The number of halogens is 1. The van der Waals surface area contributed by atoms with Gasteiger partial charge < -0.3 is 18.9 Å². The summed E-state index contributed by atoms with van der Waals surface area (Å²) in [5.41, 5.74) is 0. The summed E-state index contributed by atoms with van der Waals surface area (Å²) < 4.78 is 22.6. The highest BCUT2D eigenvalue weighted by molar-refractivity contribution is 9.10. The second kappa shape index (κ2) is 13.0. The Hall–Kier alpha value is -0.690. The fraction of sp³-hybridized carbons (Fsp3) is 0.667.